The normalized spacial score (nSPS) is 12.0. The monoisotopic (exact) mass is 348 g/mol. The molecule has 1 heterocycles. The van der Waals surface area contributed by atoms with Crippen LogP contribution in [0.15, 0.2) is 52.6 Å². The fourth-order valence-electron chi connectivity index (χ4n) is 2.04. The topological polar surface area (TPSA) is 94.9 Å². The summed E-state index contributed by atoms with van der Waals surface area (Å²) in [4.78, 5) is 4.22. The number of anilines is 1. The molecule has 1 aromatic heterocycles. The van der Waals surface area contributed by atoms with Crippen LogP contribution in [0.1, 0.15) is 19.4 Å². The Bertz CT molecular complexity index is 783. The van der Waals surface area contributed by atoms with Crippen molar-refractivity contribution < 1.29 is 13.5 Å². The average Bonchev–Trinajstić information content (AvgIpc) is 2.58. The van der Waals surface area contributed by atoms with Crippen molar-refractivity contribution in [1.29, 1.82) is 0 Å². The summed E-state index contributed by atoms with van der Waals surface area (Å²) in [5.41, 5.74) is 3.54. The molecule has 0 saturated carbocycles. The van der Waals surface area contributed by atoms with Crippen LogP contribution in [0, 0.1) is 0 Å². The molecular formula is C16H20N4O3S. The second kappa shape index (κ2) is 7.89. The van der Waals surface area contributed by atoms with E-state index in [4.69, 9.17) is 0 Å². The van der Waals surface area contributed by atoms with Gasteiger partial charge in [-0.1, -0.05) is 13.8 Å². The number of nitrogens with zero attached hydrogens (tertiary/aromatic N) is 3. The molecule has 0 atom stereocenters. The molecule has 0 fully saturated rings. The maximum absolute atomic E-state index is 12.3. The summed E-state index contributed by atoms with van der Waals surface area (Å²) < 4.78 is 26.1. The lowest BCUT2D eigenvalue weighted by molar-refractivity contribution is 0.445. The number of hydrogen-bond donors (Lipinski definition) is 2. The number of phenols is 1. The zero-order valence-electron chi connectivity index (χ0n) is 13.5. The molecule has 0 aliphatic rings. The summed E-state index contributed by atoms with van der Waals surface area (Å²) in [6.07, 6.45) is 2.88. The van der Waals surface area contributed by atoms with Gasteiger partial charge in [-0.2, -0.15) is 9.41 Å². The Morgan fingerprint density at radius 1 is 1.17 bits per heavy atom. The third kappa shape index (κ3) is 4.30. The fraction of sp³-hybridized carbons (Fsp3) is 0.250. The molecule has 128 valence electrons. The van der Waals surface area contributed by atoms with E-state index >= 15 is 0 Å². The smallest absolute Gasteiger partial charge is 0.244 e. The number of nitrogens with one attached hydrogen (secondary N) is 1. The summed E-state index contributed by atoms with van der Waals surface area (Å²) in [6, 6.07) is 9.62. The van der Waals surface area contributed by atoms with Crippen molar-refractivity contribution >= 4 is 22.1 Å². The maximum atomic E-state index is 12.3. The highest BCUT2D eigenvalue weighted by Gasteiger charge is 2.21. The van der Waals surface area contributed by atoms with Crippen LogP contribution in [0.25, 0.3) is 0 Å². The van der Waals surface area contributed by atoms with E-state index < -0.39 is 10.0 Å². The van der Waals surface area contributed by atoms with Gasteiger partial charge in [0.1, 0.15) is 16.5 Å². The number of sulfonamides is 1. The van der Waals surface area contributed by atoms with Crippen LogP contribution in [0.5, 0.6) is 5.75 Å². The van der Waals surface area contributed by atoms with Gasteiger partial charge in [-0.05, 0) is 42.0 Å². The lowest BCUT2D eigenvalue weighted by Crippen LogP contribution is -2.30. The molecule has 0 radical (unpaired) electrons. The van der Waals surface area contributed by atoms with Crippen molar-refractivity contribution in [2.75, 3.05) is 18.5 Å². The molecule has 0 amide bonds. The zero-order chi connectivity index (χ0) is 17.6. The number of hydrogen-bond acceptors (Lipinski definition) is 6. The van der Waals surface area contributed by atoms with Crippen molar-refractivity contribution in [1.82, 2.24) is 9.29 Å². The van der Waals surface area contributed by atoms with E-state index in [2.05, 4.69) is 15.5 Å². The summed E-state index contributed by atoms with van der Waals surface area (Å²) in [5.74, 6) is 0.621. The standard InChI is InChI=1S/C16H20N4O3S/c1-3-20(4-2)24(22,23)15-9-10-16(17-12-15)19-18-11-13-5-7-14(21)8-6-13/h5-12,21H,3-4H2,1-2H3,(H,17,19). The summed E-state index contributed by atoms with van der Waals surface area (Å²) in [7, 11) is -3.50. The van der Waals surface area contributed by atoms with E-state index in [0.717, 1.165) is 5.56 Å². The van der Waals surface area contributed by atoms with Crippen LogP contribution in [0.4, 0.5) is 5.82 Å². The number of aromatic hydroxyl groups is 1. The summed E-state index contributed by atoms with van der Waals surface area (Å²) >= 11 is 0. The molecular weight excluding hydrogens is 328 g/mol. The quantitative estimate of drug-likeness (QED) is 0.591. The van der Waals surface area contributed by atoms with Gasteiger partial charge in [0.05, 0.1) is 6.21 Å². The second-order valence-corrected chi connectivity index (χ2v) is 6.87. The van der Waals surface area contributed by atoms with Gasteiger partial charge in [0.15, 0.2) is 0 Å². The Morgan fingerprint density at radius 2 is 1.83 bits per heavy atom. The third-order valence-electron chi connectivity index (χ3n) is 3.37. The molecule has 2 rings (SSSR count). The molecule has 0 unspecified atom stereocenters. The van der Waals surface area contributed by atoms with Gasteiger partial charge < -0.3 is 5.11 Å². The summed E-state index contributed by atoms with van der Waals surface area (Å²) in [6.45, 7) is 4.41. The molecule has 0 bridgehead atoms. The molecule has 24 heavy (non-hydrogen) atoms. The number of hydrazone groups is 1. The van der Waals surface area contributed by atoms with Crippen molar-refractivity contribution in [2.45, 2.75) is 18.7 Å². The zero-order valence-corrected chi connectivity index (χ0v) is 14.4. The molecule has 0 spiro atoms. The van der Waals surface area contributed by atoms with Gasteiger partial charge in [-0.3, -0.25) is 5.43 Å². The first-order valence-corrected chi connectivity index (χ1v) is 8.95. The van der Waals surface area contributed by atoms with Crippen LogP contribution < -0.4 is 5.43 Å². The van der Waals surface area contributed by atoms with E-state index in [1.54, 1.807) is 50.4 Å². The Kier molecular flexibility index (Phi) is 5.88. The van der Waals surface area contributed by atoms with Crippen molar-refractivity contribution in [2.24, 2.45) is 5.10 Å². The number of rotatable bonds is 7. The van der Waals surface area contributed by atoms with E-state index in [1.807, 2.05) is 0 Å². The highest BCUT2D eigenvalue weighted by Crippen LogP contribution is 2.16. The van der Waals surface area contributed by atoms with Crippen molar-refractivity contribution in [3.8, 4) is 5.75 Å². The minimum atomic E-state index is -3.50. The van der Waals surface area contributed by atoms with Crippen molar-refractivity contribution in [3.63, 3.8) is 0 Å². The molecule has 1 aromatic carbocycles. The number of pyridine rings is 1. The highest BCUT2D eigenvalue weighted by atomic mass is 32.2. The van der Waals surface area contributed by atoms with E-state index in [9.17, 15) is 13.5 Å². The van der Waals surface area contributed by atoms with Gasteiger partial charge in [0, 0.05) is 19.3 Å². The molecule has 8 heteroatoms. The van der Waals surface area contributed by atoms with Gasteiger partial charge in [-0.15, -0.1) is 0 Å². The lowest BCUT2D eigenvalue weighted by Gasteiger charge is -2.18. The van der Waals surface area contributed by atoms with E-state index in [1.165, 1.54) is 16.6 Å². The maximum Gasteiger partial charge on any atom is 0.244 e. The third-order valence-corrected chi connectivity index (χ3v) is 5.40. The lowest BCUT2D eigenvalue weighted by atomic mass is 10.2. The number of benzene rings is 1. The summed E-state index contributed by atoms with van der Waals surface area (Å²) in [5, 5.41) is 13.2. The number of phenolic OH excluding ortho intramolecular Hbond substituents is 1. The Balaban J connectivity index is 2.05. The SMILES string of the molecule is CCN(CC)S(=O)(=O)c1ccc(NN=Cc2ccc(O)cc2)nc1. The van der Waals surface area contributed by atoms with Crippen LogP contribution >= 0.6 is 0 Å². The minimum absolute atomic E-state index is 0.152. The molecule has 0 aliphatic heterocycles. The van der Waals surface area contributed by atoms with Crippen LogP contribution in [0.3, 0.4) is 0 Å². The van der Waals surface area contributed by atoms with Crippen LogP contribution in [0.2, 0.25) is 0 Å². The van der Waals surface area contributed by atoms with E-state index in [0.29, 0.717) is 18.9 Å². The second-order valence-electron chi connectivity index (χ2n) is 4.93. The van der Waals surface area contributed by atoms with Crippen LogP contribution in [-0.2, 0) is 10.0 Å². The van der Waals surface area contributed by atoms with Gasteiger partial charge in [-0.25, -0.2) is 13.4 Å². The Hall–Kier alpha value is -2.45. The highest BCUT2D eigenvalue weighted by molar-refractivity contribution is 7.89. The first-order valence-electron chi connectivity index (χ1n) is 7.51. The minimum Gasteiger partial charge on any atom is -0.508 e. The first kappa shape index (κ1) is 17.9. The first-order chi connectivity index (χ1) is 11.5. The predicted octanol–water partition coefficient (Wildman–Crippen LogP) is 2.26. The van der Waals surface area contributed by atoms with E-state index in [-0.39, 0.29) is 10.6 Å². The molecule has 0 aliphatic carbocycles. The largest absolute Gasteiger partial charge is 0.508 e. The molecule has 2 aromatic rings. The van der Waals surface area contributed by atoms with Gasteiger partial charge >= 0.3 is 0 Å². The van der Waals surface area contributed by atoms with Crippen LogP contribution in [-0.4, -0.2) is 42.1 Å². The Labute approximate surface area is 141 Å². The molecule has 7 nitrogen and oxygen atoms in total. The fourth-order valence-corrected chi connectivity index (χ4v) is 3.45. The van der Waals surface area contributed by atoms with Gasteiger partial charge in [0.25, 0.3) is 0 Å². The number of aromatic nitrogens is 1. The van der Waals surface area contributed by atoms with Gasteiger partial charge in [0.2, 0.25) is 10.0 Å². The predicted molar refractivity (Wildman–Crippen MR) is 93.7 cm³/mol. The van der Waals surface area contributed by atoms with Crippen molar-refractivity contribution in [3.05, 3.63) is 48.2 Å². The molecule has 0 saturated heterocycles. The molecule has 2 N–H and O–H groups in total. The Morgan fingerprint density at radius 3 is 2.38 bits per heavy atom. The average molecular weight is 348 g/mol.